The minimum absolute atomic E-state index is 0.0417. The molecular formula is C24H29ClN2O4. The molecule has 0 radical (unpaired) electrons. The number of ether oxygens (including phenoxy) is 2. The van der Waals surface area contributed by atoms with Crippen LogP contribution in [0.2, 0.25) is 5.02 Å². The normalized spacial score (nSPS) is 15.2. The molecule has 0 atom stereocenters. The third-order valence-corrected chi connectivity index (χ3v) is 5.31. The van der Waals surface area contributed by atoms with Gasteiger partial charge in [-0.1, -0.05) is 25.4 Å². The molecule has 0 saturated heterocycles. The topological polar surface area (TPSA) is 67.9 Å². The molecular weight excluding hydrogens is 416 g/mol. The van der Waals surface area contributed by atoms with Crippen molar-refractivity contribution in [2.24, 2.45) is 11.3 Å². The monoisotopic (exact) mass is 444 g/mol. The Kier molecular flexibility index (Phi) is 7.11. The Balaban J connectivity index is 1.72. The predicted molar refractivity (Wildman–Crippen MR) is 123 cm³/mol. The lowest BCUT2D eigenvalue weighted by Crippen LogP contribution is -2.42. The zero-order valence-corrected chi connectivity index (χ0v) is 19.2. The molecule has 3 rings (SSSR count). The van der Waals surface area contributed by atoms with E-state index in [1.54, 1.807) is 41.3 Å². The van der Waals surface area contributed by atoms with Crippen molar-refractivity contribution in [3.63, 3.8) is 0 Å². The Morgan fingerprint density at radius 1 is 1.23 bits per heavy atom. The van der Waals surface area contributed by atoms with Crippen LogP contribution >= 0.6 is 11.6 Å². The molecule has 2 amide bonds. The number of rotatable bonds is 7. The van der Waals surface area contributed by atoms with Crippen molar-refractivity contribution in [2.75, 3.05) is 30.0 Å². The van der Waals surface area contributed by atoms with Gasteiger partial charge in [-0.05, 0) is 62.6 Å². The summed E-state index contributed by atoms with van der Waals surface area (Å²) in [5, 5.41) is 3.42. The van der Waals surface area contributed by atoms with Crippen LogP contribution in [0, 0.1) is 11.3 Å². The van der Waals surface area contributed by atoms with Crippen molar-refractivity contribution in [3.8, 4) is 11.5 Å². The van der Waals surface area contributed by atoms with Crippen molar-refractivity contribution in [1.29, 1.82) is 0 Å². The standard InChI is InChI=1S/C24H29ClN2O4/c1-16(2)11-12-27-20-10-7-18(13-21(20)31-15-24(3,4)23(27)29)26-22(28)14-30-19-8-5-17(25)6-9-19/h5-10,13,16H,11-12,14-15H2,1-4H3,(H,26,28). The minimum atomic E-state index is -0.633. The average Bonchev–Trinajstić information content (AvgIpc) is 2.81. The first-order valence-electron chi connectivity index (χ1n) is 10.4. The maximum Gasteiger partial charge on any atom is 0.262 e. The average molecular weight is 445 g/mol. The Morgan fingerprint density at radius 2 is 1.94 bits per heavy atom. The summed E-state index contributed by atoms with van der Waals surface area (Å²) in [4.78, 5) is 27.2. The van der Waals surface area contributed by atoms with Crippen LogP contribution in [0.1, 0.15) is 34.1 Å². The number of hydrogen-bond acceptors (Lipinski definition) is 4. The molecule has 0 unspecified atom stereocenters. The van der Waals surface area contributed by atoms with E-state index in [1.807, 2.05) is 19.9 Å². The van der Waals surface area contributed by atoms with E-state index in [9.17, 15) is 9.59 Å². The fraction of sp³-hybridized carbons (Fsp3) is 0.417. The second-order valence-corrected chi connectivity index (χ2v) is 9.22. The van der Waals surface area contributed by atoms with Gasteiger partial charge in [0.2, 0.25) is 5.91 Å². The molecule has 0 spiro atoms. The van der Waals surface area contributed by atoms with E-state index < -0.39 is 5.41 Å². The molecule has 0 aromatic heterocycles. The van der Waals surface area contributed by atoms with Gasteiger partial charge in [-0.15, -0.1) is 0 Å². The molecule has 6 nitrogen and oxygen atoms in total. The highest BCUT2D eigenvalue weighted by Crippen LogP contribution is 2.38. The molecule has 7 heteroatoms. The van der Waals surface area contributed by atoms with Gasteiger partial charge >= 0.3 is 0 Å². The van der Waals surface area contributed by atoms with Crippen molar-refractivity contribution in [2.45, 2.75) is 34.1 Å². The maximum atomic E-state index is 13.1. The van der Waals surface area contributed by atoms with Gasteiger partial charge in [0.05, 0.1) is 11.1 Å². The van der Waals surface area contributed by atoms with Gasteiger partial charge in [0, 0.05) is 23.3 Å². The summed E-state index contributed by atoms with van der Waals surface area (Å²) in [6, 6.07) is 12.2. The summed E-state index contributed by atoms with van der Waals surface area (Å²) in [6.07, 6.45) is 0.891. The number of nitrogens with zero attached hydrogens (tertiary/aromatic N) is 1. The van der Waals surface area contributed by atoms with E-state index in [-0.39, 0.29) is 25.0 Å². The first-order chi connectivity index (χ1) is 14.7. The quantitative estimate of drug-likeness (QED) is 0.640. The van der Waals surface area contributed by atoms with Crippen LogP contribution in [0.3, 0.4) is 0 Å². The number of carbonyl (C=O) groups is 2. The number of halogens is 1. The smallest absolute Gasteiger partial charge is 0.262 e. The number of carbonyl (C=O) groups excluding carboxylic acids is 2. The number of anilines is 2. The Labute approximate surface area is 188 Å². The first kappa shape index (κ1) is 22.9. The van der Waals surface area contributed by atoms with Crippen molar-refractivity contribution in [3.05, 3.63) is 47.5 Å². The van der Waals surface area contributed by atoms with E-state index in [2.05, 4.69) is 19.2 Å². The van der Waals surface area contributed by atoms with Gasteiger partial charge in [-0.3, -0.25) is 9.59 Å². The molecule has 0 bridgehead atoms. The molecule has 1 aliphatic rings. The van der Waals surface area contributed by atoms with E-state index in [0.29, 0.717) is 34.7 Å². The molecule has 1 N–H and O–H groups in total. The molecule has 1 aliphatic heterocycles. The fourth-order valence-electron chi connectivity index (χ4n) is 3.21. The zero-order valence-electron chi connectivity index (χ0n) is 18.4. The van der Waals surface area contributed by atoms with E-state index in [4.69, 9.17) is 21.1 Å². The highest BCUT2D eigenvalue weighted by molar-refractivity contribution is 6.30. The molecule has 166 valence electrons. The molecule has 2 aromatic carbocycles. The lowest BCUT2D eigenvalue weighted by molar-refractivity contribution is -0.127. The molecule has 0 aliphatic carbocycles. The number of hydrogen-bond donors (Lipinski definition) is 1. The van der Waals surface area contributed by atoms with Gasteiger partial charge in [0.25, 0.3) is 5.91 Å². The third-order valence-electron chi connectivity index (χ3n) is 5.06. The van der Waals surface area contributed by atoms with Gasteiger partial charge in [0.1, 0.15) is 18.1 Å². The van der Waals surface area contributed by atoms with Crippen LogP contribution < -0.4 is 19.7 Å². The minimum Gasteiger partial charge on any atom is -0.490 e. The number of amides is 2. The molecule has 2 aromatic rings. The van der Waals surface area contributed by atoms with Crippen LogP contribution in [0.5, 0.6) is 11.5 Å². The van der Waals surface area contributed by atoms with Crippen LogP contribution in [0.15, 0.2) is 42.5 Å². The van der Waals surface area contributed by atoms with Crippen molar-refractivity contribution < 1.29 is 19.1 Å². The second kappa shape index (κ2) is 9.60. The summed E-state index contributed by atoms with van der Waals surface area (Å²) in [5.41, 5.74) is 0.678. The van der Waals surface area contributed by atoms with Crippen LogP contribution in [0.4, 0.5) is 11.4 Å². The van der Waals surface area contributed by atoms with Crippen LogP contribution in [-0.4, -0.2) is 31.6 Å². The lowest BCUT2D eigenvalue weighted by Gasteiger charge is -2.28. The van der Waals surface area contributed by atoms with Gasteiger partial charge in [-0.25, -0.2) is 0 Å². The van der Waals surface area contributed by atoms with Gasteiger partial charge in [0.15, 0.2) is 6.61 Å². The zero-order chi connectivity index (χ0) is 22.6. The Hall–Kier alpha value is -2.73. The molecule has 1 heterocycles. The third kappa shape index (κ3) is 5.91. The SMILES string of the molecule is CC(C)CCN1C(=O)C(C)(C)COc2cc(NC(=O)COc3ccc(Cl)cc3)ccc21. The molecule has 0 saturated carbocycles. The van der Waals surface area contributed by atoms with Gasteiger partial charge < -0.3 is 19.7 Å². The van der Waals surface area contributed by atoms with E-state index in [0.717, 1.165) is 12.1 Å². The lowest BCUT2D eigenvalue weighted by atomic mass is 9.92. The summed E-state index contributed by atoms with van der Waals surface area (Å²) in [6.45, 7) is 8.81. The van der Waals surface area contributed by atoms with E-state index in [1.165, 1.54) is 0 Å². The van der Waals surface area contributed by atoms with Crippen LogP contribution in [0.25, 0.3) is 0 Å². The molecule has 31 heavy (non-hydrogen) atoms. The van der Waals surface area contributed by atoms with Crippen molar-refractivity contribution in [1.82, 2.24) is 0 Å². The summed E-state index contributed by atoms with van der Waals surface area (Å²) < 4.78 is 11.5. The summed E-state index contributed by atoms with van der Waals surface area (Å²) in [7, 11) is 0. The predicted octanol–water partition coefficient (Wildman–Crippen LogP) is 5.16. The Morgan fingerprint density at radius 3 is 2.61 bits per heavy atom. The Bertz CT molecular complexity index is 941. The van der Waals surface area contributed by atoms with Crippen molar-refractivity contribution >= 4 is 34.8 Å². The maximum absolute atomic E-state index is 13.1. The number of fused-ring (bicyclic) bond motifs is 1. The highest BCUT2D eigenvalue weighted by atomic mass is 35.5. The van der Waals surface area contributed by atoms with Gasteiger partial charge in [-0.2, -0.15) is 0 Å². The summed E-state index contributed by atoms with van der Waals surface area (Å²) in [5.74, 6) is 1.37. The number of nitrogens with one attached hydrogen (secondary N) is 1. The molecule has 0 fully saturated rings. The van der Waals surface area contributed by atoms with E-state index >= 15 is 0 Å². The summed E-state index contributed by atoms with van der Waals surface area (Å²) >= 11 is 5.85. The largest absolute Gasteiger partial charge is 0.490 e. The van der Waals surface area contributed by atoms with Crippen LogP contribution in [-0.2, 0) is 9.59 Å². The highest BCUT2D eigenvalue weighted by Gasteiger charge is 2.37. The number of benzene rings is 2. The first-order valence-corrected chi connectivity index (χ1v) is 10.8. The second-order valence-electron chi connectivity index (χ2n) is 8.79. The fourth-order valence-corrected chi connectivity index (χ4v) is 3.34.